The van der Waals surface area contributed by atoms with Crippen molar-refractivity contribution >= 4 is 33.6 Å². The van der Waals surface area contributed by atoms with Crippen molar-refractivity contribution in [3.63, 3.8) is 0 Å². The normalized spacial score (nSPS) is 16.1. The van der Waals surface area contributed by atoms with E-state index in [1.807, 2.05) is 18.2 Å². The molecule has 1 fully saturated rings. The summed E-state index contributed by atoms with van der Waals surface area (Å²) in [5.74, 6) is 0. The zero-order valence-electron chi connectivity index (χ0n) is 8.34. The average molecular weight is 287 g/mol. The lowest BCUT2D eigenvalue weighted by molar-refractivity contribution is 0.754. The summed E-state index contributed by atoms with van der Waals surface area (Å²) in [6.07, 6.45) is 6.83. The summed E-state index contributed by atoms with van der Waals surface area (Å²) >= 11 is 9.47. The van der Waals surface area contributed by atoms with E-state index < -0.39 is 0 Å². The van der Waals surface area contributed by atoms with Gasteiger partial charge in [-0.05, 0) is 30.5 Å². The molecule has 0 spiro atoms. The van der Waals surface area contributed by atoms with Crippen LogP contribution in [0.2, 0.25) is 5.02 Å². The van der Waals surface area contributed by atoms with E-state index in [0.717, 1.165) is 27.6 Å². The van der Waals surface area contributed by atoms with Crippen LogP contribution in [0, 0.1) is 0 Å². The van der Waals surface area contributed by atoms with E-state index in [1.54, 1.807) is 0 Å². The highest BCUT2D eigenvalue weighted by Gasteiger charge is 2.18. The minimum absolute atomic E-state index is 0.759. The fourth-order valence-corrected chi connectivity index (χ4v) is 2.08. The van der Waals surface area contributed by atoms with E-state index in [0.29, 0.717) is 0 Å². The first-order chi connectivity index (χ1) is 7.25. The van der Waals surface area contributed by atoms with Gasteiger partial charge in [-0.15, -0.1) is 0 Å². The van der Waals surface area contributed by atoms with Gasteiger partial charge in [-0.1, -0.05) is 45.7 Å². The molecule has 80 valence electrons. The number of nitrogens with one attached hydrogen (secondary N) is 1. The first kappa shape index (κ1) is 11.2. The fourth-order valence-electron chi connectivity index (χ4n) is 1.34. The van der Waals surface area contributed by atoms with Crippen molar-refractivity contribution in [3.8, 4) is 0 Å². The van der Waals surface area contributed by atoms with E-state index >= 15 is 0 Å². The Bertz CT molecular complexity index is 372. The van der Waals surface area contributed by atoms with Crippen LogP contribution in [-0.2, 0) is 0 Å². The highest BCUT2D eigenvalue weighted by molar-refractivity contribution is 9.10. The van der Waals surface area contributed by atoms with Gasteiger partial charge in [-0.2, -0.15) is 0 Å². The van der Waals surface area contributed by atoms with Gasteiger partial charge >= 0.3 is 0 Å². The quantitative estimate of drug-likeness (QED) is 0.886. The van der Waals surface area contributed by atoms with Crippen LogP contribution in [0.1, 0.15) is 18.4 Å². The second-order valence-corrected chi connectivity index (χ2v) is 5.07. The minimum Gasteiger partial charge on any atom is -0.311 e. The van der Waals surface area contributed by atoms with E-state index in [1.165, 1.54) is 12.8 Å². The molecule has 0 atom stereocenters. The van der Waals surface area contributed by atoms with Crippen LogP contribution >= 0.6 is 27.5 Å². The standard InChI is InChI=1S/C12H13BrClN/c13-10-4-3-9(12(14)8-10)2-1-7-15-11-5-6-11/h1-4,8,11,15H,5-7H2/b2-1+. The lowest BCUT2D eigenvalue weighted by Gasteiger charge is -1.99. The van der Waals surface area contributed by atoms with Gasteiger partial charge in [-0.3, -0.25) is 0 Å². The predicted molar refractivity (Wildman–Crippen MR) is 69.2 cm³/mol. The molecule has 1 saturated carbocycles. The zero-order valence-corrected chi connectivity index (χ0v) is 10.7. The van der Waals surface area contributed by atoms with Crippen LogP contribution < -0.4 is 5.32 Å². The highest BCUT2D eigenvalue weighted by Crippen LogP contribution is 2.22. The SMILES string of the molecule is Clc1cc(Br)ccc1/C=C/CNC1CC1. The third kappa shape index (κ3) is 3.63. The molecular formula is C12H13BrClN. The highest BCUT2D eigenvalue weighted by atomic mass is 79.9. The lowest BCUT2D eigenvalue weighted by Crippen LogP contribution is -2.15. The van der Waals surface area contributed by atoms with Gasteiger partial charge in [-0.25, -0.2) is 0 Å². The average Bonchev–Trinajstić information content (AvgIpc) is 2.99. The van der Waals surface area contributed by atoms with Crippen LogP contribution in [-0.4, -0.2) is 12.6 Å². The summed E-state index contributed by atoms with van der Waals surface area (Å²) < 4.78 is 1.01. The minimum atomic E-state index is 0.759. The number of benzene rings is 1. The lowest BCUT2D eigenvalue weighted by atomic mass is 10.2. The molecule has 0 unspecified atom stereocenters. The van der Waals surface area contributed by atoms with Gasteiger partial charge in [0.05, 0.1) is 0 Å². The molecule has 3 heteroatoms. The van der Waals surface area contributed by atoms with Crippen LogP contribution in [0.3, 0.4) is 0 Å². The number of hydrogen-bond acceptors (Lipinski definition) is 1. The van der Waals surface area contributed by atoms with Gasteiger partial charge < -0.3 is 5.32 Å². The predicted octanol–water partition coefficient (Wildman–Crippen LogP) is 3.87. The Morgan fingerprint density at radius 1 is 1.47 bits per heavy atom. The Labute approximate surface area is 104 Å². The topological polar surface area (TPSA) is 12.0 Å². The Balaban J connectivity index is 1.90. The first-order valence-electron chi connectivity index (χ1n) is 5.10. The Hall–Kier alpha value is -0.310. The van der Waals surface area contributed by atoms with E-state index in [9.17, 15) is 0 Å². The Kier molecular flexibility index (Phi) is 3.84. The summed E-state index contributed by atoms with van der Waals surface area (Å²) in [5, 5.41) is 4.20. The molecule has 0 bridgehead atoms. The molecule has 1 nitrogen and oxygen atoms in total. The van der Waals surface area contributed by atoms with Crippen molar-refractivity contribution < 1.29 is 0 Å². The Morgan fingerprint density at radius 2 is 2.27 bits per heavy atom. The number of rotatable bonds is 4. The molecule has 15 heavy (non-hydrogen) atoms. The molecule has 0 radical (unpaired) electrons. The molecule has 1 aliphatic rings. The fraction of sp³-hybridized carbons (Fsp3) is 0.333. The van der Waals surface area contributed by atoms with Crippen LogP contribution in [0.15, 0.2) is 28.7 Å². The maximum atomic E-state index is 6.08. The first-order valence-corrected chi connectivity index (χ1v) is 6.28. The van der Waals surface area contributed by atoms with Crippen molar-refractivity contribution in [2.24, 2.45) is 0 Å². The summed E-state index contributed by atoms with van der Waals surface area (Å²) in [6.45, 7) is 0.928. The van der Waals surface area contributed by atoms with Crippen LogP contribution in [0.5, 0.6) is 0 Å². The molecule has 2 rings (SSSR count). The molecular weight excluding hydrogens is 273 g/mol. The third-order valence-electron chi connectivity index (χ3n) is 2.36. The molecule has 1 aromatic carbocycles. The molecule has 1 aromatic rings. The van der Waals surface area contributed by atoms with E-state index in [2.05, 4.69) is 33.4 Å². The van der Waals surface area contributed by atoms with E-state index in [-0.39, 0.29) is 0 Å². The maximum absolute atomic E-state index is 6.08. The molecule has 1 aliphatic carbocycles. The third-order valence-corrected chi connectivity index (χ3v) is 3.18. The monoisotopic (exact) mass is 285 g/mol. The summed E-state index contributed by atoms with van der Waals surface area (Å²) in [6, 6.07) is 6.69. The van der Waals surface area contributed by atoms with Gasteiger partial charge in [0.1, 0.15) is 0 Å². The van der Waals surface area contributed by atoms with Crippen molar-refractivity contribution in [1.29, 1.82) is 0 Å². The van der Waals surface area contributed by atoms with Gasteiger partial charge in [0, 0.05) is 22.1 Å². The number of halogens is 2. The van der Waals surface area contributed by atoms with Crippen molar-refractivity contribution in [2.45, 2.75) is 18.9 Å². The van der Waals surface area contributed by atoms with Gasteiger partial charge in [0.25, 0.3) is 0 Å². The van der Waals surface area contributed by atoms with Crippen LogP contribution in [0.4, 0.5) is 0 Å². The zero-order chi connectivity index (χ0) is 10.7. The van der Waals surface area contributed by atoms with Crippen LogP contribution in [0.25, 0.3) is 6.08 Å². The second kappa shape index (κ2) is 5.15. The molecule has 1 N–H and O–H groups in total. The summed E-state index contributed by atoms with van der Waals surface area (Å²) in [5.41, 5.74) is 1.07. The Morgan fingerprint density at radius 3 is 2.93 bits per heavy atom. The maximum Gasteiger partial charge on any atom is 0.0489 e. The summed E-state index contributed by atoms with van der Waals surface area (Å²) in [7, 11) is 0. The number of hydrogen-bond donors (Lipinski definition) is 1. The molecule has 0 saturated heterocycles. The molecule has 0 heterocycles. The van der Waals surface area contributed by atoms with Gasteiger partial charge in [0.2, 0.25) is 0 Å². The van der Waals surface area contributed by atoms with Crippen molar-refractivity contribution in [2.75, 3.05) is 6.54 Å². The van der Waals surface area contributed by atoms with Crippen molar-refractivity contribution in [3.05, 3.63) is 39.3 Å². The van der Waals surface area contributed by atoms with Gasteiger partial charge in [0.15, 0.2) is 0 Å². The second-order valence-electron chi connectivity index (χ2n) is 3.75. The molecule has 0 amide bonds. The van der Waals surface area contributed by atoms with Crippen molar-refractivity contribution in [1.82, 2.24) is 5.32 Å². The largest absolute Gasteiger partial charge is 0.311 e. The smallest absolute Gasteiger partial charge is 0.0489 e. The summed E-state index contributed by atoms with van der Waals surface area (Å²) in [4.78, 5) is 0. The molecule has 0 aromatic heterocycles. The molecule has 0 aliphatic heterocycles. The van der Waals surface area contributed by atoms with E-state index in [4.69, 9.17) is 11.6 Å².